The molecule has 0 saturated carbocycles. The number of carbonyl (C=O) groups is 1. The average molecular weight is 321 g/mol. The molecule has 3 rings (SSSR count). The largest absolute Gasteiger partial charge is 0.485 e. The van der Waals surface area contributed by atoms with Crippen LogP contribution in [0, 0.1) is 0 Å². The SMILES string of the molecule is COc1nc(-c2cccc3c2O[C@H](C(N)=O)CO3)ccc1Cl. The van der Waals surface area contributed by atoms with Crippen molar-refractivity contribution in [1.29, 1.82) is 0 Å². The quantitative estimate of drug-likeness (QED) is 0.935. The molecule has 2 N–H and O–H groups in total. The van der Waals surface area contributed by atoms with Gasteiger partial charge >= 0.3 is 0 Å². The number of ether oxygens (including phenoxy) is 3. The van der Waals surface area contributed by atoms with Crippen molar-refractivity contribution < 1.29 is 19.0 Å². The zero-order valence-corrected chi connectivity index (χ0v) is 12.5. The van der Waals surface area contributed by atoms with Crippen LogP contribution in [0.1, 0.15) is 0 Å². The summed E-state index contributed by atoms with van der Waals surface area (Å²) in [5, 5.41) is 0.406. The third-order valence-corrected chi connectivity index (χ3v) is 3.52. The minimum absolute atomic E-state index is 0.0865. The number of nitrogens with zero attached hydrogens (tertiary/aromatic N) is 1. The highest BCUT2D eigenvalue weighted by atomic mass is 35.5. The molecular formula is C15H13ClN2O4. The van der Waals surface area contributed by atoms with E-state index < -0.39 is 12.0 Å². The van der Waals surface area contributed by atoms with Crippen LogP contribution >= 0.6 is 11.6 Å². The van der Waals surface area contributed by atoms with Gasteiger partial charge in [0, 0.05) is 5.56 Å². The Morgan fingerprint density at radius 1 is 1.41 bits per heavy atom. The second-order valence-electron chi connectivity index (χ2n) is 4.64. The highest BCUT2D eigenvalue weighted by molar-refractivity contribution is 6.31. The van der Waals surface area contributed by atoms with Crippen molar-refractivity contribution in [3.63, 3.8) is 0 Å². The lowest BCUT2D eigenvalue weighted by Gasteiger charge is -2.26. The first-order valence-corrected chi connectivity index (χ1v) is 6.90. The summed E-state index contributed by atoms with van der Waals surface area (Å²) in [6.07, 6.45) is -0.831. The molecule has 0 spiro atoms. The first kappa shape index (κ1) is 14.5. The lowest BCUT2D eigenvalue weighted by molar-refractivity contribution is -0.126. The van der Waals surface area contributed by atoms with Crippen LogP contribution in [0.5, 0.6) is 17.4 Å². The van der Waals surface area contributed by atoms with Gasteiger partial charge in [0.05, 0.1) is 12.8 Å². The molecule has 0 fully saturated rings. The van der Waals surface area contributed by atoms with E-state index in [0.717, 1.165) is 0 Å². The summed E-state index contributed by atoms with van der Waals surface area (Å²) in [7, 11) is 1.49. The van der Waals surface area contributed by atoms with E-state index >= 15 is 0 Å². The van der Waals surface area contributed by atoms with Gasteiger partial charge in [0.1, 0.15) is 11.6 Å². The number of nitrogens with two attached hydrogens (primary N) is 1. The van der Waals surface area contributed by atoms with Crippen LogP contribution < -0.4 is 19.9 Å². The van der Waals surface area contributed by atoms with Crippen molar-refractivity contribution >= 4 is 17.5 Å². The monoisotopic (exact) mass is 320 g/mol. The summed E-state index contributed by atoms with van der Waals surface area (Å²) in [4.78, 5) is 15.7. The van der Waals surface area contributed by atoms with Gasteiger partial charge in [0.2, 0.25) is 12.0 Å². The van der Waals surface area contributed by atoms with Gasteiger partial charge in [0.15, 0.2) is 11.5 Å². The Kier molecular flexibility index (Phi) is 3.77. The zero-order valence-electron chi connectivity index (χ0n) is 11.7. The van der Waals surface area contributed by atoms with E-state index in [0.29, 0.717) is 33.7 Å². The molecule has 1 amide bonds. The molecular weight excluding hydrogens is 308 g/mol. The van der Waals surface area contributed by atoms with Crippen LogP contribution in [0.4, 0.5) is 0 Å². The summed E-state index contributed by atoms with van der Waals surface area (Å²) in [6.45, 7) is 0.0865. The minimum Gasteiger partial charge on any atom is -0.485 e. The number of carbonyl (C=O) groups excluding carboxylic acids is 1. The van der Waals surface area contributed by atoms with E-state index in [4.69, 9.17) is 31.5 Å². The van der Waals surface area contributed by atoms with Crippen molar-refractivity contribution in [3.05, 3.63) is 35.4 Å². The number of fused-ring (bicyclic) bond motifs is 1. The summed E-state index contributed by atoms with van der Waals surface area (Å²) in [5.74, 6) is 0.683. The number of rotatable bonds is 3. The number of amides is 1. The summed E-state index contributed by atoms with van der Waals surface area (Å²) in [6, 6.07) is 8.78. The molecule has 0 radical (unpaired) electrons. The van der Waals surface area contributed by atoms with Crippen LogP contribution in [0.25, 0.3) is 11.3 Å². The maximum atomic E-state index is 11.3. The van der Waals surface area contributed by atoms with Crippen LogP contribution in [0.15, 0.2) is 30.3 Å². The maximum absolute atomic E-state index is 11.3. The summed E-state index contributed by atoms with van der Waals surface area (Å²) >= 11 is 5.99. The number of halogens is 1. The number of methoxy groups -OCH3 is 1. The van der Waals surface area contributed by atoms with Crippen LogP contribution in [0.2, 0.25) is 5.02 Å². The Balaban J connectivity index is 2.07. The van der Waals surface area contributed by atoms with E-state index in [9.17, 15) is 4.79 Å². The maximum Gasteiger partial charge on any atom is 0.262 e. The normalized spacial score (nSPS) is 16.2. The predicted octanol–water partition coefficient (Wildman–Crippen LogP) is 2.04. The van der Waals surface area contributed by atoms with Crippen molar-refractivity contribution in [2.24, 2.45) is 5.73 Å². The molecule has 7 heteroatoms. The smallest absolute Gasteiger partial charge is 0.262 e. The van der Waals surface area contributed by atoms with Crippen molar-refractivity contribution in [3.8, 4) is 28.6 Å². The van der Waals surface area contributed by atoms with Crippen LogP contribution in [0.3, 0.4) is 0 Å². The van der Waals surface area contributed by atoms with Gasteiger partial charge in [-0.1, -0.05) is 17.7 Å². The molecule has 22 heavy (non-hydrogen) atoms. The molecule has 6 nitrogen and oxygen atoms in total. The van der Waals surface area contributed by atoms with E-state index in [1.165, 1.54) is 7.11 Å². The first-order chi connectivity index (χ1) is 10.6. The van der Waals surface area contributed by atoms with Gasteiger partial charge in [-0.2, -0.15) is 0 Å². The fourth-order valence-corrected chi connectivity index (χ4v) is 2.33. The highest BCUT2D eigenvalue weighted by Crippen LogP contribution is 2.41. The second-order valence-corrected chi connectivity index (χ2v) is 5.05. The zero-order chi connectivity index (χ0) is 15.7. The third kappa shape index (κ3) is 2.53. The average Bonchev–Trinajstić information content (AvgIpc) is 2.54. The van der Waals surface area contributed by atoms with Crippen molar-refractivity contribution in [1.82, 2.24) is 4.98 Å². The fourth-order valence-electron chi connectivity index (χ4n) is 2.15. The Hall–Kier alpha value is -2.47. The number of primary amides is 1. The molecule has 1 aliphatic rings. The van der Waals surface area contributed by atoms with Gasteiger partial charge in [-0.05, 0) is 24.3 Å². The number of hydrogen-bond donors (Lipinski definition) is 1. The third-order valence-electron chi connectivity index (χ3n) is 3.23. The number of hydrogen-bond acceptors (Lipinski definition) is 5. The molecule has 0 saturated heterocycles. The Labute approximate surface area is 131 Å². The van der Waals surface area contributed by atoms with Crippen molar-refractivity contribution in [2.45, 2.75) is 6.10 Å². The second kappa shape index (κ2) is 5.73. The van der Waals surface area contributed by atoms with Crippen LogP contribution in [-0.2, 0) is 4.79 Å². The summed E-state index contributed by atoms with van der Waals surface area (Å²) in [5.41, 5.74) is 6.54. The molecule has 114 valence electrons. The Morgan fingerprint density at radius 3 is 2.95 bits per heavy atom. The fraction of sp³-hybridized carbons (Fsp3) is 0.200. The number of pyridine rings is 1. The molecule has 2 aromatic rings. The van der Waals surface area contributed by atoms with E-state index in [-0.39, 0.29) is 6.61 Å². The van der Waals surface area contributed by atoms with Gasteiger partial charge in [-0.3, -0.25) is 4.79 Å². The number of benzene rings is 1. The first-order valence-electron chi connectivity index (χ1n) is 6.53. The van der Waals surface area contributed by atoms with Gasteiger partial charge in [-0.15, -0.1) is 0 Å². The summed E-state index contributed by atoms with van der Waals surface area (Å²) < 4.78 is 16.3. The standard InChI is InChI=1S/C15H13ClN2O4/c1-20-15-9(16)5-6-10(18-15)8-3-2-4-11-13(8)22-12(7-21-11)14(17)19/h2-6,12H,7H2,1H3,(H2,17,19)/t12-/m0/s1. The Morgan fingerprint density at radius 2 is 2.23 bits per heavy atom. The van der Waals surface area contributed by atoms with Gasteiger partial charge in [0.25, 0.3) is 5.91 Å². The molecule has 2 heterocycles. The molecule has 0 unspecified atom stereocenters. The van der Waals surface area contributed by atoms with Gasteiger partial charge in [-0.25, -0.2) is 4.98 Å². The number of para-hydroxylation sites is 1. The van der Waals surface area contributed by atoms with Crippen LogP contribution in [-0.4, -0.2) is 30.7 Å². The Bertz CT molecular complexity index is 735. The lowest BCUT2D eigenvalue weighted by Crippen LogP contribution is -2.41. The molecule has 0 bridgehead atoms. The topological polar surface area (TPSA) is 83.7 Å². The lowest BCUT2D eigenvalue weighted by atomic mass is 10.1. The molecule has 0 aliphatic carbocycles. The van der Waals surface area contributed by atoms with E-state index in [2.05, 4.69) is 4.98 Å². The highest BCUT2D eigenvalue weighted by Gasteiger charge is 2.28. The predicted molar refractivity (Wildman–Crippen MR) is 80.3 cm³/mol. The van der Waals surface area contributed by atoms with Crippen molar-refractivity contribution in [2.75, 3.05) is 13.7 Å². The van der Waals surface area contributed by atoms with Gasteiger partial charge < -0.3 is 19.9 Å². The van der Waals surface area contributed by atoms with E-state index in [1.54, 1.807) is 24.3 Å². The minimum atomic E-state index is -0.831. The molecule has 1 aliphatic heterocycles. The van der Waals surface area contributed by atoms with E-state index in [1.807, 2.05) is 6.07 Å². The number of aromatic nitrogens is 1. The molecule has 1 atom stereocenters. The molecule has 1 aromatic carbocycles. The molecule has 1 aromatic heterocycles.